The highest BCUT2D eigenvalue weighted by atomic mass is 14.3. The quantitative estimate of drug-likeness (QED) is 0.419. The lowest BCUT2D eigenvalue weighted by atomic mass is 9.76. The zero-order chi connectivity index (χ0) is 13.6. The van der Waals surface area contributed by atoms with Gasteiger partial charge in [0.25, 0.3) is 0 Å². The summed E-state index contributed by atoms with van der Waals surface area (Å²) in [5, 5.41) is 0. The van der Waals surface area contributed by atoms with Gasteiger partial charge in [-0.3, -0.25) is 0 Å². The number of hydrogen-bond acceptors (Lipinski definition) is 0. The Labute approximate surface area is 116 Å². The normalized spacial score (nSPS) is 22.5. The van der Waals surface area contributed by atoms with Crippen LogP contribution in [0.1, 0.15) is 92.4 Å². The minimum absolute atomic E-state index is 0.618. The van der Waals surface area contributed by atoms with Crippen LogP contribution in [-0.4, -0.2) is 0 Å². The molecule has 0 aromatic heterocycles. The van der Waals surface area contributed by atoms with Gasteiger partial charge in [-0.15, -0.1) is 0 Å². The Morgan fingerprint density at radius 3 is 2.22 bits per heavy atom. The van der Waals surface area contributed by atoms with Gasteiger partial charge in [-0.2, -0.15) is 0 Å². The maximum absolute atomic E-state index is 2.52. The second-order valence-corrected chi connectivity index (χ2v) is 7.42. The molecule has 18 heavy (non-hydrogen) atoms. The van der Waals surface area contributed by atoms with Crippen molar-refractivity contribution in [2.75, 3.05) is 0 Å². The van der Waals surface area contributed by atoms with Gasteiger partial charge in [-0.1, -0.05) is 66.7 Å². The van der Waals surface area contributed by atoms with Crippen LogP contribution in [0.15, 0.2) is 0 Å². The predicted octanol–water partition coefficient (Wildman–Crippen LogP) is 6.45. The topological polar surface area (TPSA) is 0 Å². The highest BCUT2D eigenvalue weighted by molar-refractivity contribution is 4.80. The van der Waals surface area contributed by atoms with Crippen LogP contribution in [0.2, 0.25) is 0 Å². The van der Waals surface area contributed by atoms with Crippen LogP contribution in [-0.2, 0) is 0 Å². The molecule has 1 saturated carbocycles. The average molecular weight is 252 g/mol. The third-order valence-electron chi connectivity index (χ3n) is 5.66. The molecule has 1 rings (SSSR count). The van der Waals surface area contributed by atoms with E-state index in [0.29, 0.717) is 5.41 Å². The summed E-state index contributed by atoms with van der Waals surface area (Å²) in [6.45, 7) is 12.1. The molecular weight excluding hydrogens is 216 g/mol. The zero-order valence-corrected chi connectivity index (χ0v) is 13.6. The molecule has 108 valence electrons. The lowest BCUT2D eigenvalue weighted by molar-refractivity contribution is 0.222. The molecule has 0 aromatic rings. The molecule has 0 heteroatoms. The van der Waals surface area contributed by atoms with Gasteiger partial charge < -0.3 is 0 Å². The summed E-state index contributed by atoms with van der Waals surface area (Å²) in [5.74, 6) is 3.01. The van der Waals surface area contributed by atoms with Crippen LogP contribution in [0.25, 0.3) is 0 Å². The predicted molar refractivity (Wildman–Crippen MR) is 82.8 cm³/mol. The van der Waals surface area contributed by atoms with Crippen molar-refractivity contribution in [2.45, 2.75) is 92.4 Å². The highest BCUT2D eigenvalue weighted by Gasteiger charge is 2.28. The van der Waals surface area contributed by atoms with Crippen LogP contribution >= 0.6 is 0 Å². The fourth-order valence-corrected chi connectivity index (χ4v) is 3.03. The zero-order valence-electron chi connectivity index (χ0n) is 13.6. The lowest BCUT2D eigenvalue weighted by Crippen LogP contribution is -2.17. The molecule has 3 unspecified atom stereocenters. The molecule has 0 bridgehead atoms. The van der Waals surface area contributed by atoms with E-state index in [9.17, 15) is 0 Å². The molecule has 0 saturated heterocycles. The minimum Gasteiger partial charge on any atom is -0.0651 e. The number of hydrogen-bond donors (Lipinski definition) is 0. The molecule has 0 aliphatic heterocycles. The van der Waals surface area contributed by atoms with Crippen LogP contribution in [0.5, 0.6) is 0 Å². The van der Waals surface area contributed by atoms with E-state index >= 15 is 0 Å². The Balaban J connectivity index is 2.20. The standard InChI is InChI=1S/C18H36/c1-6-15(3)12-14-18(5,7-2)13-8-9-16(4)17-10-11-17/h15-17H,6-14H2,1-5H3. The summed E-state index contributed by atoms with van der Waals surface area (Å²) in [6, 6.07) is 0. The molecule has 0 spiro atoms. The minimum atomic E-state index is 0.618. The first-order chi connectivity index (χ1) is 8.50. The van der Waals surface area contributed by atoms with Crippen molar-refractivity contribution in [2.24, 2.45) is 23.2 Å². The van der Waals surface area contributed by atoms with Crippen LogP contribution < -0.4 is 0 Å². The molecule has 0 heterocycles. The first-order valence-electron chi connectivity index (χ1n) is 8.50. The van der Waals surface area contributed by atoms with Gasteiger partial charge in [0.05, 0.1) is 0 Å². The van der Waals surface area contributed by atoms with E-state index in [1.165, 1.54) is 57.8 Å². The third-order valence-corrected chi connectivity index (χ3v) is 5.66. The molecule has 1 aliphatic carbocycles. The van der Waals surface area contributed by atoms with Crippen molar-refractivity contribution in [1.82, 2.24) is 0 Å². The Bertz CT molecular complexity index is 216. The third kappa shape index (κ3) is 5.76. The van der Waals surface area contributed by atoms with E-state index in [2.05, 4.69) is 34.6 Å². The summed E-state index contributed by atoms with van der Waals surface area (Å²) in [6.07, 6.45) is 13.0. The van der Waals surface area contributed by atoms with E-state index in [0.717, 1.165) is 17.8 Å². The molecule has 0 N–H and O–H groups in total. The Hall–Kier alpha value is 0. The summed E-state index contributed by atoms with van der Waals surface area (Å²) >= 11 is 0. The van der Waals surface area contributed by atoms with E-state index in [1.807, 2.05) is 0 Å². The molecule has 0 amide bonds. The fraction of sp³-hybridized carbons (Fsp3) is 1.00. The molecule has 0 nitrogen and oxygen atoms in total. The Morgan fingerprint density at radius 2 is 1.72 bits per heavy atom. The first-order valence-corrected chi connectivity index (χ1v) is 8.50. The van der Waals surface area contributed by atoms with Gasteiger partial charge in [-0.05, 0) is 48.9 Å². The van der Waals surface area contributed by atoms with Gasteiger partial charge in [0.1, 0.15) is 0 Å². The smallest absolute Gasteiger partial charge is 0.0328 e. The fourth-order valence-electron chi connectivity index (χ4n) is 3.03. The van der Waals surface area contributed by atoms with Crippen molar-refractivity contribution >= 4 is 0 Å². The van der Waals surface area contributed by atoms with Crippen molar-refractivity contribution in [3.63, 3.8) is 0 Å². The molecule has 3 atom stereocenters. The van der Waals surface area contributed by atoms with E-state index < -0.39 is 0 Å². The highest BCUT2D eigenvalue weighted by Crippen LogP contribution is 2.41. The monoisotopic (exact) mass is 252 g/mol. The van der Waals surface area contributed by atoms with E-state index in [1.54, 1.807) is 0 Å². The van der Waals surface area contributed by atoms with Crippen LogP contribution in [0, 0.1) is 23.2 Å². The molecular formula is C18H36. The van der Waals surface area contributed by atoms with E-state index in [4.69, 9.17) is 0 Å². The summed E-state index contributed by atoms with van der Waals surface area (Å²) < 4.78 is 0. The van der Waals surface area contributed by atoms with Gasteiger partial charge in [0.2, 0.25) is 0 Å². The van der Waals surface area contributed by atoms with Crippen molar-refractivity contribution in [3.05, 3.63) is 0 Å². The van der Waals surface area contributed by atoms with Crippen molar-refractivity contribution < 1.29 is 0 Å². The molecule has 0 aromatic carbocycles. The molecule has 1 fully saturated rings. The summed E-state index contributed by atoms with van der Waals surface area (Å²) in [5.41, 5.74) is 0.618. The van der Waals surface area contributed by atoms with E-state index in [-0.39, 0.29) is 0 Å². The Morgan fingerprint density at radius 1 is 1.06 bits per heavy atom. The summed E-state index contributed by atoms with van der Waals surface area (Å²) in [4.78, 5) is 0. The lowest BCUT2D eigenvalue weighted by Gasteiger charge is -2.30. The maximum atomic E-state index is 2.52. The van der Waals surface area contributed by atoms with Crippen molar-refractivity contribution in [1.29, 1.82) is 0 Å². The molecule has 0 radical (unpaired) electrons. The van der Waals surface area contributed by atoms with Crippen LogP contribution in [0.3, 0.4) is 0 Å². The first kappa shape index (κ1) is 16.1. The maximum Gasteiger partial charge on any atom is -0.0328 e. The summed E-state index contributed by atoms with van der Waals surface area (Å²) in [7, 11) is 0. The second-order valence-electron chi connectivity index (χ2n) is 7.42. The van der Waals surface area contributed by atoms with Gasteiger partial charge >= 0.3 is 0 Å². The SMILES string of the molecule is CCC(C)CCC(C)(CC)CCCC(C)C1CC1. The second kappa shape index (κ2) is 7.56. The van der Waals surface area contributed by atoms with Gasteiger partial charge in [0, 0.05) is 0 Å². The largest absolute Gasteiger partial charge is 0.0651 e. The van der Waals surface area contributed by atoms with Gasteiger partial charge in [0.15, 0.2) is 0 Å². The molecule has 1 aliphatic rings. The van der Waals surface area contributed by atoms with Gasteiger partial charge in [-0.25, -0.2) is 0 Å². The number of rotatable bonds is 10. The van der Waals surface area contributed by atoms with Crippen LogP contribution in [0.4, 0.5) is 0 Å². The Kier molecular flexibility index (Phi) is 6.74. The van der Waals surface area contributed by atoms with Crippen molar-refractivity contribution in [3.8, 4) is 0 Å². The average Bonchev–Trinajstić information content (AvgIpc) is 3.20.